The summed E-state index contributed by atoms with van der Waals surface area (Å²) in [6, 6.07) is 14.7. The molecule has 2 nitrogen and oxygen atoms in total. The molecule has 0 spiro atoms. The van der Waals surface area contributed by atoms with Gasteiger partial charge in [-0.3, -0.25) is 4.79 Å². The second-order valence-electron chi connectivity index (χ2n) is 5.75. The molecule has 0 saturated heterocycles. The van der Waals surface area contributed by atoms with E-state index < -0.39 is 0 Å². The molecule has 22 heavy (non-hydrogen) atoms. The Hall–Kier alpha value is -2.09. The summed E-state index contributed by atoms with van der Waals surface area (Å²) >= 11 is 0. The van der Waals surface area contributed by atoms with E-state index in [0.717, 1.165) is 18.4 Å². The summed E-state index contributed by atoms with van der Waals surface area (Å²) in [6.07, 6.45) is 2.46. The number of aryl methyl sites for hydroxylation is 3. The van der Waals surface area contributed by atoms with E-state index in [-0.39, 0.29) is 5.91 Å². The first-order valence-electron chi connectivity index (χ1n) is 8.05. The van der Waals surface area contributed by atoms with Gasteiger partial charge in [0.15, 0.2) is 0 Å². The van der Waals surface area contributed by atoms with Crippen LogP contribution in [0.3, 0.4) is 0 Å². The Kier molecular flexibility index (Phi) is 5.76. The number of amides is 1. The minimum atomic E-state index is 0.0767. The van der Waals surface area contributed by atoms with Crippen molar-refractivity contribution in [3.8, 4) is 0 Å². The second-order valence-corrected chi connectivity index (χ2v) is 5.75. The highest BCUT2D eigenvalue weighted by Gasteiger charge is 2.06. The lowest BCUT2D eigenvalue weighted by atomic mass is 10.0. The molecule has 0 heterocycles. The summed E-state index contributed by atoms with van der Waals surface area (Å²) in [5, 5.41) is 3.05. The maximum atomic E-state index is 12.1. The molecule has 0 aliphatic heterocycles. The second kappa shape index (κ2) is 7.79. The van der Waals surface area contributed by atoms with E-state index in [2.05, 4.69) is 44.3 Å². The molecule has 0 radical (unpaired) electrons. The molecule has 2 rings (SSSR count). The molecule has 0 saturated carbocycles. The topological polar surface area (TPSA) is 29.1 Å². The Balaban J connectivity index is 1.97. The van der Waals surface area contributed by atoms with Crippen LogP contribution in [0.15, 0.2) is 42.5 Å². The average Bonchev–Trinajstić information content (AvgIpc) is 2.54. The quantitative estimate of drug-likeness (QED) is 0.858. The zero-order valence-electron chi connectivity index (χ0n) is 13.8. The van der Waals surface area contributed by atoms with Crippen molar-refractivity contribution in [3.63, 3.8) is 0 Å². The van der Waals surface area contributed by atoms with Crippen molar-refractivity contribution in [2.24, 2.45) is 0 Å². The Bertz CT molecular complexity index is 629. The Morgan fingerprint density at radius 2 is 1.59 bits per heavy atom. The van der Waals surface area contributed by atoms with Crippen molar-refractivity contribution in [3.05, 3.63) is 70.3 Å². The van der Waals surface area contributed by atoms with E-state index in [1.807, 2.05) is 24.3 Å². The first-order valence-corrected chi connectivity index (χ1v) is 8.05. The standard InChI is InChI=1S/C20H25NO/c1-4-16-10-11-18(5-2)19(12-16)14-21-20(22)13-17-8-6-15(3)7-9-17/h6-12H,4-5,13-14H2,1-3H3,(H,21,22). The molecule has 0 aliphatic carbocycles. The van der Waals surface area contributed by atoms with Crippen LogP contribution in [0.1, 0.15) is 41.7 Å². The zero-order chi connectivity index (χ0) is 15.9. The van der Waals surface area contributed by atoms with Crippen molar-refractivity contribution in [2.75, 3.05) is 0 Å². The van der Waals surface area contributed by atoms with Gasteiger partial charge in [-0.05, 0) is 42.0 Å². The third kappa shape index (κ3) is 4.45. The van der Waals surface area contributed by atoms with Crippen molar-refractivity contribution in [1.82, 2.24) is 5.32 Å². The molecule has 2 heteroatoms. The molecular weight excluding hydrogens is 270 g/mol. The third-order valence-corrected chi connectivity index (χ3v) is 4.02. The van der Waals surface area contributed by atoms with Gasteiger partial charge in [-0.1, -0.05) is 61.9 Å². The fraction of sp³-hybridized carbons (Fsp3) is 0.350. The van der Waals surface area contributed by atoms with Crippen molar-refractivity contribution >= 4 is 5.91 Å². The monoisotopic (exact) mass is 295 g/mol. The van der Waals surface area contributed by atoms with Gasteiger partial charge in [0.1, 0.15) is 0 Å². The van der Waals surface area contributed by atoms with E-state index in [0.29, 0.717) is 13.0 Å². The highest BCUT2D eigenvalue weighted by atomic mass is 16.1. The molecular formula is C20H25NO. The minimum absolute atomic E-state index is 0.0767. The number of hydrogen-bond donors (Lipinski definition) is 1. The molecule has 1 N–H and O–H groups in total. The van der Waals surface area contributed by atoms with Gasteiger partial charge in [-0.2, -0.15) is 0 Å². The van der Waals surface area contributed by atoms with Gasteiger partial charge in [0, 0.05) is 6.54 Å². The van der Waals surface area contributed by atoms with Gasteiger partial charge in [-0.15, -0.1) is 0 Å². The fourth-order valence-electron chi connectivity index (χ4n) is 2.56. The predicted octanol–water partition coefficient (Wildman–Crippen LogP) is 3.98. The van der Waals surface area contributed by atoms with E-state index in [1.165, 1.54) is 22.3 Å². The van der Waals surface area contributed by atoms with Crippen molar-refractivity contribution < 1.29 is 4.79 Å². The van der Waals surface area contributed by atoms with Gasteiger partial charge >= 0.3 is 0 Å². The fourth-order valence-corrected chi connectivity index (χ4v) is 2.56. The van der Waals surface area contributed by atoms with Crippen LogP contribution in [0, 0.1) is 6.92 Å². The molecule has 116 valence electrons. The van der Waals surface area contributed by atoms with Crippen molar-refractivity contribution in [2.45, 2.75) is 46.6 Å². The molecule has 0 aliphatic rings. The first kappa shape index (κ1) is 16.3. The van der Waals surface area contributed by atoms with Gasteiger partial charge < -0.3 is 5.32 Å². The SMILES string of the molecule is CCc1ccc(CC)c(CNC(=O)Cc2ccc(C)cc2)c1. The Morgan fingerprint density at radius 1 is 0.909 bits per heavy atom. The molecule has 0 bridgehead atoms. The largest absolute Gasteiger partial charge is 0.352 e. The number of carbonyl (C=O) groups excluding carboxylic acids is 1. The van der Waals surface area contributed by atoms with E-state index in [1.54, 1.807) is 0 Å². The van der Waals surface area contributed by atoms with E-state index in [9.17, 15) is 4.79 Å². The van der Waals surface area contributed by atoms with Crippen LogP contribution in [-0.2, 0) is 30.6 Å². The first-order chi connectivity index (χ1) is 10.6. The third-order valence-electron chi connectivity index (χ3n) is 4.02. The lowest BCUT2D eigenvalue weighted by Crippen LogP contribution is -2.25. The Morgan fingerprint density at radius 3 is 2.23 bits per heavy atom. The number of carbonyl (C=O) groups is 1. The van der Waals surface area contributed by atoms with Crippen LogP contribution >= 0.6 is 0 Å². The number of rotatable bonds is 6. The summed E-state index contributed by atoms with van der Waals surface area (Å²) in [7, 11) is 0. The van der Waals surface area contributed by atoms with Crippen LogP contribution in [0.2, 0.25) is 0 Å². The molecule has 0 aromatic heterocycles. The number of nitrogens with one attached hydrogen (secondary N) is 1. The van der Waals surface area contributed by atoms with Gasteiger partial charge in [0.05, 0.1) is 6.42 Å². The van der Waals surface area contributed by atoms with E-state index >= 15 is 0 Å². The summed E-state index contributed by atoms with van der Waals surface area (Å²) in [4.78, 5) is 12.1. The van der Waals surface area contributed by atoms with Crippen LogP contribution < -0.4 is 5.32 Å². The smallest absolute Gasteiger partial charge is 0.224 e. The average molecular weight is 295 g/mol. The highest BCUT2D eigenvalue weighted by Crippen LogP contribution is 2.13. The normalized spacial score (nSPS) is 10.5. The van der Waals surface area contributed by atoms with E-state index in [4.69, 9.17) is 0 Å². The number of hydrogen-bond acceptors (Lipinski definition) is 1. The van der Waals surface area contributed by atoms with Crippen LogP contribution in [0.4, 0.5) is 0 Å². The lowest BCUT2D eigenvalue weighted by molar-refractivity contribution is -0.120. The highest BCUT2D eigenvalue weighted by molar-refractivity contribution is 5.78. The van der Waals surface area contributed by atoms with Crippen LogP contribution in [0.5, 0.6) is 0 Å². The predicted molar refractivity (Wildman–Crippen MR) is 91.9 cm³/mol. The zero-order valence-corrected chi connectivity index (χ0v) is 13.8. The van der Waals surface area contributed by atoms with Crippen molar-refractivity contribution in [1.29, 1.82) is 0 Å². The van der Waals surface area contributed by atoms with Gasteiger partial charge in [0.2, 0.25) is 5.91 Å². The Labute approximate surface area is 133 Å². The lowest BCUT2D eigenvalue weighted by Gasteiger charge is -2.11. The van der Waals surface area contributed by atoms with Crippen LogP contribution in [-0.4, -0.2) is 5.91 Å². The molecule has 2 aromatic rings. The maximum absolute atomic E-state index is 12.1. The molecule has 0 atom stereocenters. The summed E-state index contributed by atoms with van der Waals surface area (Å²) < 4.78 is 0. The molecule has 1 amide bonds. The van der Waals surface area contributed by atoms with Crippen LogP contribution in [0.25, 0.3) is 0 Å². The summed E-state index contributed by atoms with van der Waals surface area (Å²) in [5.41, 5.74) is 6.14. The molecule has 0 fully saturated rings. The molecule has 0 unspecified atom stereocenters. The summed E-state index contributed by atoms with van der Waals surface area (Å²) in [5.74, 6) is 0.0767. The minimum Gasteiger partial charge on any atom is -0.352 e. The summed E-state index contributed by atoms with van der Waals surface area (Å²) in [6.45, 7) is 6.97. The van der Waals surface area contributed by atoms with Gasteiger partial charge in [-0.25, -0.2) is 0 Å². The maximum Gasteiger partial charge on any atom is 0.224 e. The number of benzene rings is 2. The van der Waals surface area contributed by atoms with Gasteiger partial charge in [0.25, 0.3) is 0 Å². The molecule has 2 aromatic carbocycles.